The lowest BCUT2D eigenvalue weighted by atomic mass is 9.82. The highest BCUT2D eigenvalue weighted by molar-refractivity contribution is 6.17. The van der Waals surface area contributed by atoms with Crippen molar-refractivity contribution in [3.05, 3.63) is 0 Å². The molecule has 1 saturated carbocycles. The first kappa shape index (κ1) is 14.8. The van der Waals surface area contributed by atoms with Crippen molar-refractivity contribution < 1.29 is 4.79 Å². The van der Waals surface area contributed by atoms with Gasteiger partial charge in [-0.15, -0.1) is 11.6 Å². The molecule has 0 heterocycles. The molecule has 1 rings (SSSR count). The molecule has 0 aromatic carbocycles. The van der Waals surface area contributed by atoms with Crippen LogP contribution in [0.1, 0.15) is 52.9 Å². The van der Waals surface area contributed by atoms with Crippen LogP contribution in [0.2, 0.25) is 0 Å². The Kier molecular flexibility index (Phi) is 5.78. The van der Waals surface area contributed by atoms with Crippen molar-refractivity contribution in [3.63, 3.8) is 0 Å². The van der Waals surface area contributed by atoms with Crippen LogP contribution in [-0.2, 0) is 4.79 Å². The molecule has 1 N–H and O–H groups in total. The Morgan fingerprint density at radius 3 is 2.41 bits per heavy atom. The van der Waals surface area contributed by atoms with Crippen LogP contribution < -0.4 is 5.32 Å². The predicted octanol–water partition coefficient (Wildman–Crippen LogP) is 3.58. The zero-order chi connectivity index (χ0) is 12.9. The highest BCUT2D eigenvalue weighted by Crippen LogP contribution is 2.28. The van der Waals surface area contributed by atoms with E-state index in [1.54, 1.807) is 0 Å². The summed E-state index contributed by atoms with van der Waals surface area (Å²) in [7, 11) is 0. The highest BCUT2D eigenvalue weighted by Gasteiger charge is 2.25. The third kappa shape index (κ3) is 5.29. The molecule has 0 atom stereocenters. The molecular weight excluding hydrogens is 234 g/mol. The van der Waals surface area contributed by atoms with E-state index in [0.29, 0.717) is 5.88 Å². The number of amides is 1. The number of carbonyl (C=O) groups is 1. The van der Waals surface area contributed by atoms with Gasteiger partial charge in [-0.05, 0) is 43.4 Å². The van der Waals surface area contributed by atoms with Crippen molar-refractivity contribution in [2.75, 3.05) is 12.4 Å². The van der Waals surface area contributed by atoms with E-state index >= 15 is 0 Å². The van der Waals surface area contributed by atoms with E-state index in [-0.39, 0.29) is 17.2 Å². The van der Waals surface area contributed by atoms with Crippen LogP contribution in [0, 0.1) is 17.3 Å². The molecule has 0 unspecified atom stereocenters. The Morgan fingerprint density at radius 2 is 1.88 bits per heavy atom. The fourth-order valence-electron chi connectivity index (χ4n) is 2.34. The molecule has 1 aliphatic rings. The Labute approximate surface area is 110 Å². The Hall–Kier alpha value is -0.240. The van der Waals surface area contributed by atoms with E-state index in [9.17, 15) is 4.79 Å². The van der Waals surface area contributed by atoms with Gasteiger partial charge in [-0.25, -0.2) is 0 Å². The minimum Gasteiger partial charge on any atom is -0.355 e. The maximum atomic E-state index is 12.0. The van der Waals surface area contributed by atoms with E-state index in [1.165, 1.54) is 12.8 Å². The maximum absolute atomic E-state index is 12.0. The number of halogens is 1. The molecule has 2 nitrogen and oxygen atoms in total. The molecule has 0 bridgehead atoms. The normalized spacial score (nSPS) is 25.6. The van der Waals surface area contributed by atoms with Crippen molar-refractivity contribution in [2.24, 2.45) is 17.3 Å². The van der Waals surface area contributed by atoms with E-state index in [4.69, 9.17) is 11.6 Å². The number of hydrogen-bond acceptors (Lipinski definition) is 1. The minimum absolute atomic E-state index is 0.110. The van der Waals surface area contributed by atoms with Gasteiger partial charge in [0.2, 0.25) is 5.91 Å². The summed E-state index contributed by atoms with van der Waals surface area (Å²) in [5.74, 6) is 1.95. The SMILES string of the molecule is CC1CCC(C(=O)NCC(C)(C)CCCl)CC1. The second-order valence-corrected chi connectivity index (χ2v) is 6.66. The summed E-state index contributed by atoms with van der Waals surface area (Å²) in [6.07, 6.45) is 5.45. The lowest BCUT2D eigenvalue weighted by Gasteiger charge is -2.28. The van der Waals surface area contributed by atoms with Crippen LogP contribution in [0.25, 0.3) is 0 Å². The predicted molar refractivity (Wildman–Crippen MR) is 73.2 cm³/mol. The van der Waals surface area contributed by atoms with Gasteiger partial charge in [0, 0.05) is 18.3 Å². The van der Waals surface area contributed by atoms with E-state index in [0.717, 1.165) is 31.7 Å². The fourth-order valence-corrected chi connectivity index (χ4v) is 2.85. The van der Waals surface area contributed by atoms with Crippen LogP contribution in [0.4, 0.5) is 0 Å². The molecule has 0 radical (unpaired) electrons. The molecule has 17 heavy (non-hydrogen) atoms. The van der Waals surface area contributed by atoms with E-state index < -0.39 is 0 Å². The average molecular weight is 260 g/mol. The monoisotopic (exact) mass is 259 g/mol. The summed E-state index contributed by atoms with van der Waals surface area (Å²) in [5.41, 5.74) is 0.110. The zero-order valence-corrected chi connectivity index (χ0v) is 12.1. The van der Waals surface area contributed by atoms with Crippen molar-refractivity contribution in [1.29, 1.82) is 0 Å². The van der Waals surface area contributed by atoms with Gasteiger partial charge in [0.1, 0.15) is 0 Å². The van der Waals surface area contributed by atoms with Gasteiger partial charge in [-0.3, -0.25) is 4.79 Å². The van der Waals surface area contributed by atoms with Gasteiger partial charge in [0.25, 0.3) is 0 Å². The molecule has 0 aliphatic heterocycles. The smallest absolute Gasteiger partial charge is 0.223 e. The van der Waals surface area contributed by atoms with Gasteiger partial charge >= 0.3 is 0 Å². The molecule has 3 heteroatoms. The second-order valence-electron chi connectivity index (χ2n) is 6.28. The summed E-state index contributed by atoms with van der Waals surface area (Å²) in [6.45, 7) is 7.32. The lowest BCUT2D eigenvalue weighted by molar-refractivity contribution is -0.126. The van der Waals surface area contributed by atoms with Crippen LogP contribution in [-0.4, -0.2) is 18.3 Å². The number of carbonyl (C=O) groups excluding carboxylic acids is 1. The Balaban J connectivity index is 2.29. The first-order chi connectivity index (χ1) is 7.94. The van der Waals surface area contributed by atoms with Crippen molar-refractivity contribution in [1.82, 2.24) is 5.32 Å². The first-order valence-corrected chi connectivity index (χ1v) is 7.32. The summed E-state index contributed by atoms with van der Waals surface area (Å²) < 4.78 is 0. The van der Waals surface area contributed by atoms with Crippen LogP contribution >= 0.6 is 11.6 Å². The van der Waals surface area contributed by atoms with Crippen LogP contribution in [0.15, 0.2) is 0 Å². The lowest BCUT2D eigenvalue weighted by Crippen LogP contribution is -2.38. The second kappa shape index (κ2) is 6.63. The molecule has 0 aromatic rings. The largest absolute Gasteiger partial charge is 0.355 e. The number of nitrogens with one attached hydrogen (secondary N) is 1. The molecular formula is C14H26ClNO. The van der Waals surface area contributed by atoms with Gasteiger partial charge in [0.15, 0.2) is 0 Å². The third-order valence-corrected chi connectivity index (χ3v) is 4.09. The summed E-state index contributed by atoms with van der Waals surface area (Å²) >= 11 is 5.75. The summed E-state index contributed by atoms with van der Waals surface area (Å²) in [4.78, 5) is 12.0. The highest BCUT2D eigenvalue weighted by atomic mass is 35.5. The minimum atomic E-state index is 0.110. The van der Waals surface area contributed by atoms with Gasteiger partial charge < -0.3 is 5.32 Å². The average Bonchev–Trinajstić information content (AvgIpc) is 2.27. The molecule has 100 valence electrons. The first-order valence-electron chi connectivity index (χ1n) is 6.78. The van der Waals surface area contributed by atoms with E-state index in [2.05, 4.69) is 26.1 Å². The molecule has 1 fully saturated rings. The van der Waals surface area contributed by atoms with Crippen LogP contribution in [0.3, 0.4) is 0 Å². The number of rotatable bonds is 5. The van der Waals surface area contributed by atoms with Gasteiger partial charge in [0.05, 0.1) is 0 Å². The van der Waals surface area contributed by atoms with Crippen molar-refractivity contribution in [2.45, 2.75) is 52.9 Å². The standard InChI is InChI=1S/C14H26ClNO/c1-11-4-6-12(7-5-11)13(17)16-10-14(2,3)8-9-15/h11-12H,4-10H2,1-3H3,(H,16,17). The van der Waals surface area contributed by atoms with Crippen molar-refractivity contribution >= 4 is 17.5 Å². The molecule has 0 spiro atoms. The fraction of sp³-hybridized carbons (Fsp3) is 0.929. The summed E-state index contributed by atoms with van der Waals surface area (Å²) in [5, 5.41) is 3.09. The Morgan fingerprint density at radius 1 is 1.29 bits per heavy atom. The van der Waals surface area contributed by atoms with E-state index in [1.807, 2.05) is 0 Å². The molecule has 0 aromatic heterocycles. The summed E-state index contributed by atoms with van der Waals surface area (Å²) in [6, 6.07) is 0. The van der Waals surface area contributed by atoms with Crippen molar-refractivity contribution in [3.8, 4) is 0 Å². The van der Waals surface area contributed by atoms with Crippen LogP contribution in [0.5, 0.6) is 0 Å². The van der Waals surface area contributed by atoms with Gasteiger partial charge in [-0.1, -0.05) is 20.8 Å². The molecule has 1 aliphatic carbocycles. The molecule has 0 saturated heterocycles. The third-order valence-electron chi connectivity index (χ3n) is 3.90. The number of alkyl halides is 1. The van der Waals surface area contributed by atoms with Gasteiger partial charge in [-0.2, -0.15) is 0 Å². The zero-order valence-electron chi connectivity index (χ0n) is 11.4. The maximum Gasteiger partial charge on any atom is 0.223 e. The molecule has 1 amide bonds. The Bertz CT molecular complexity index is 245. The number of hydrogen-bond donors (Lipinski definition) is 1. The topological polar surface area (TPSA) is 29.1 Å². The quantitative estimate of drug-likeness (QED) is 0.752.